The number of amides is 1. The Kier molecular flexibility index (Phi) is 6.79. The molecule has 1 atom stereocenters. The lowest BCUT2D eigenvalue weighted by Crippen LogP contribution is -2.47. The van der Waals surface area contributed by atoms with E-state index < -0.39 is 34.7 Å². The summed E-state index contributed by atoms with van der Waals surface area (Å²) in [6, 6.07) is 18.9. The van der Waals surface area contributed by atoms with E-state index in [0.717, 1.165) is 11.1 Å². The Morgan fingerprint density at radius 1 is 1.06 bits per heavy atom. The summed E-state index contributed by atoms with van der Waals surface area (Å²) >= 11 is 0. The van der Waals surface area contributed by atoms with Crippen molar-refractivity contribution in [1.82, 2.24) is 9.47 Å². The van der Waals surface area contributed by atoms with Crippen molar-refractivity contribution in [3.63, 3.8) is 0 Å². The molecule has 3 aromatic rings. The number of carboxylic acids is 1. The van der Waals surface area contributed by atoms with E-state index in [1.54, 1.807) is 12.0 Å². The normalized spacial score (nSPS) is 15.4. The number of carboxylic acid groups (broad SMARTS) is 1. The molecule has 0 fully saturated rings. The molecule has 8 nitrogen and oxygen atoms in total. The molecule has 1 amide bonds. The number of aromatic nitrogens is 1. The first-order valence-electron chi connectivity index (χ1n) is 11.0. The highest BCUT2D eigenvalue weighted by molar-refractivity contribution is 5.97. The number of methoxy groups -OCH3 is 1. The molecule has 4 rings (SSSR count). The summed E-state index contributed by atoms with van der Waals surface area (Å²) in [6.07, 6.45) is 1.77. The average molecular weight is 463 g/mol. The fraction of sp³-hybridized carbons (Fsp3) is 0.269. The Hall–Kier alpha value is -3.91. The number of carbonyl (C=O) groups excluding carboxylic acids is 1. The predicted octanol–water partition coefficient (Wildman–Crippen LogP) is 3.12. The quantitative estimate of drug-likeness (QED) is 0.498. The molecule has 0 spiro atoms. The Morgan fingerprint density at radius 3 is 2.18 bits per heavy atom. The maximum atomic E-state index is 13.3. The van der Waals surface area contributed by atoms with Gasteiger partial charge in [0.25, 0.3) is 5.91 Å². The van der Waals surface area contributed by atoms with Gasteiger partial charge < -0.3 is 24.4 Å². The molecule has 34 heavy (non-hydrogen) atoms. The summed E-state index contributed by atoms with van der Waals surface area (Å²) in [6.45, 7) is 1.09. The largest absolute Gasteiger partial charge is 0.503 e. The smallest absolute Gasteiger partial charge is 0.341 e. The Bertz CT molecular complexity index is 1200. The first kappa shape index (κ1) is 23.3. The van der Waals surface area contributed by atoms with E-state index in [-0.39, 0.29) is 18.2 Å². The second-order valence-electron chi connectivity index (χ2n) is 8.25. The fourth-order valence-corrected chi connectivity index (χ4v) is 4.61. The van der Waals surface area contributed by atoms with Crippen LogP contribution in [0.25, 0.3) is 0 Å². The monoisotopic (exact) mass is 462 g/mol. The highest BCUT2D eigenvalue weighted by atomic mass is 16.5. The second-order valence-corrected chi connectivity index (χ2v) is 8.25. The van der Waals surface area contributed by atoms with Crippen molar-refractivity contribution in [2.45, 2.75) is 18.4 Å². The average Bonchev–Trinajstić information content (AvgIpc) is 2.84. The zero-order valence-electron chi connectivity index (χ0n) is 18.8. The summed E-state index contributed by atoms with van der Waals surface area (Å²) in [5.74, 6) is -3.09. The number of aromatic carboxylic acids is 1. The number of rotatable bonds is 8. The zero-order chi connectivity index (χ0) is 24.2. The van der Waals surface area contributed by atoms with Crippen LogP contribution in [0, 0.1) is 0 Å². The number of nitrogens with zero attached hydrogens (tertiary/aromatic N) is 2. The van der Waals surface area contributed by atoms with Crippen LogP contribution in [0.3, 0.4) is 0 Å². The van der Waals surface area contributed by atoms with Crippen molar-refractivity contribution >= 4 is 11.9 Å². The lowest BCUT2D eigenvalue weighted by Gasteiger charge is -2.40. The number of aromatic hydroxyl groups is 1. The van der Waals surface area contributed by atoms with Gasteiger partial charge in [-0.1, -0.05) is 60.7 Å². The van der Waals surface area contributed by atoms with Crippen LogP contribution >= 0.6 is 0 Å². The van der Waals surface area contributed by atoms with E-state index in [9.17, 15) is 24.6 Å². The molecule has 2 heterocycles. The molecule has 1 unspecified atom stereocenters. The molecule has 1 aromatic heterocycles. The van der Waals surface area contributed by atoms with Gasteiger partial charge in [-0.25, -0.2) is 4.79 Å². The van der Waals surface area contributed by atoms with Crippen LogP contribution < -0.4 is 5.43 Å². The standard InChI is InChI=1S/C26H26N2O6/c1-34-14-8-13-27-16-20(21(17-9-4-2-5-10-17)18-11-6-3-7-12-18)28-15-19(26(32)33)23(29)24(30)22(28)25(27)31/h2-7,9-12,15,20-21,30H,8,13-14,16H2,1H3,(H,32,33). The minimum Gasteiger partial charge on any atom is -0.503 e. The lowest BCUT2D eigenvalue weighted by atomic mass is 9.83. The van der Waals surface area contributed by atoms with Crippen LogP contribution in [0.4, 0.5) is 0 Å². The first-order chi connectivity index (χ1) is 16.4. The number of carbonyl (C=O) groups is 2. The molecule has 0 aliphatic carbocycles. The van der Waals surface area contributed by atoms with E-state index in [1.165, 1.54) is 10.8 Å². The van der Waals surface area contributed by atoms with Crippen molar-refractivity contribution in [3.8, 4) is 5.75 Å². The highest BCUT2D eigenvalue weighted by Gasteiger charge is 2.39. The van der Waals surface area contributed by atoms with Gasteiger partial charge in [0.05, 0.1) is 6.04 Å². The minimum absolute atomic E-state index is 0.194. The summed E-state index contributed by atoms with van der Waals surface area (Å²) in [5.41, 5.74) is 0.0876. The Balaban J connectivity index is 1.94. The number of benzene rings is 2. The molecule has 0 saturated heterocycles. The van der Waals surface area contributed by atoms with E-state index in [1.807, 2.05) is 60.7 Å². The summed E-state index contributed by atoms with van der Waals surface area (Å²) in [7, 11) is 1.58. The molecule has 0 radical (unpaired) electrons. The van der Waals surface area contributed by atoms with Crippen molar-refractivity contribution in [2.24, 2.45) is 0 Å². The van der Waals surface area contributed by atoms with Gasteiger partial charge >= 0.3 is 5.97 Å². The number of pyridine rings is 1. The molecule has 0 bridgehead atoms. The van der Waals surface area contributed by atoms with Crippen LogP contribution in [-0.2, 0) is 4.74 Å². The van der Waals surface area contributed by atoms with Crippen LogP contribution in [0.5, 0.6) is 5.75 Å². The zero-order valence-corrected chi connectivity index (χ0v) is 18.8. The summed E-state index contributed by atoms with van der Waals surface area (Å²) < 4.78 is 6.60. The highest BCUT2D eigenvalue weighted by Crippen LogP contribution is 2.40. The van der Waals surface area contributed by atoms with Gasteiger partial charge in [0.2, 0.25) is 5.43 Å². The van der Waals surface area contributed by atoms with Gasteiger partial charge in [0, 0.05) is 38.9 Å². The fourth-order valence-electron chi connectivity index (χ4n) is 4.61. The second kappa shape index (κ2) is 9.93. The molecule has 2 N–H and O–H groups in total. The van der Waals surface area contributed by atoms with Crippen LogP contribution in [0.2, 0.25) is 0 Å². The number of ether oxygens (including phenoxy) is 1. The molecule has 1 aliphatic rings. The predicted molar refractivity (Wildman–Crippen MR) is 125 cm³/mol. The van der Waals surface area contributed by atoms with Crippen LogP contribution in [-0.4, -0.2) is 58.4 Å². The topological polar surface area (TPSA) is 109 Å². The molecular formula is C26H26N2O6. The Morgan fingerprint density at radius 2 is 1.65 bits per heavy atom. The van der Waals surface area contributed by atoms with Crippen molar-refractivity contribution in [2.75, 3.05) is 26.8 Å². The van der Waals surface area contributed by atoms with Gasteiger partial charge in [-0.15, -0.1) is 0 Å². The van der Waals surface area contributed by atoms with E-state index >= 15 is 0 Å². The number of hydrogen-bond acceptors (Lipinski definition) is 5. The van der Waals surface area contributed by atoms with Gasteiger partial charge in [-0.3, -0.25) is 9.59 Å². The van der Waals surface area contributed by atoms with Crippen molar-refractivity contribution in [3.05, 3.63) is 99.5 Å². The first-order valence-corrected chi connectivity index (χ1v) is 11.0. The number of hydrogen-bond donors (Lipinski definition) is 2. The molecule has 0 saturated carbocycles. The summed E-state index contributed by atoms with van der Waals surface area (Å²) in [5, 5.41) is 20.3. The lowest BCUT2D eigenvalue weighted by molar-refractivity contribution is 0.0619. The number of fused-ring (bicyclic) bond motifs is 1. The third kappa shape index (κ3) is 4.32. The van der Waals surface area contributed by atoms with Crippen LogP contribution in [0.1, 0.15) is 50.4 Å². The third-order valence-corrected chi connectivity index (χ3v) is 6.17. The molecule has 1 aliphatic heterocycles. The van der Waals surface area contributed by atoms with Crippen molar-refractivity contribution in [1.29, 1.82) is 0 Å². The third-order valence-electron chi connectivity index (χ3n) is 6.17. The van der Waals surface area contributed by atoms with Gasteiger partial charge in [0.15, 0.2) is 11.4 Å². The molecule has 8 heteroatoms. The maximum absolute atomic E-state index is 13.3. The van der Waals surface area contributed by atoms with Gasteiger partial charge in [-0.2, -0.15) is 0 Å². The van der Waals surface area contributed by atoms with E-state index in [4.69, 9.17) is 4.74 Å². The molecule has 2 aromatic carbocycles. The van der Waals surface area contributed by atoms with Crippen LogP contribution in [0.15, 0.2) is 71.7 Å². The van der Waals surface area contributed by atoms with E-state index in [0.29, 0.717) is 19.6 Å². The summed E-state index contributed by atoms with van der Waals surface area (Å²) in [4.78, 5) is 39.3. The van der Waals surface area contributed by atoms with Gasteiger partial charge in [-0.05, 0) is 17.5 Å². The SMILES string of the molecule is COCCCN1CC(C(c2ccccc2)c2ccccc2)n2cc(C(=O)O)c(=O)c(O)c2C1=O. The molecule has 176 valence electrons. The Labute approximate surface area is 196 Å². The van der Waals surface area contributed by atoms with Gasteiger partial charge in [0.1, 0.15) is 5.56 Å². The molecular weight excluding hydrogens is 436 g/mol. The maximum Gasteiger partial charge on any atom is 0.341 e. The van der Waals surface area contributed by atoms with Crippen molar-refractivity contribution < 1.29 is 24.5 Å². The minimum atomic E-state index is -1.46. The van der Waals surface area contributed by atoms with E-state index in [2.05, 4.69) is 0 Å².